The van der Waals surface area contributed by atoms with Crippen LogP contribution in [0.1, 0.15) is 5.56 Å². The quantitative estimate of drug-likeness (QED) is 0.585. The predicted molar refractivity (Wildman–Crippen MR) is 43.2 cm³/mol. The first kappa shape index (κ1) is 11.5. The van der Waals surface area contributed by atoms with Crippen LogP contribution in [0.4, 0.5) is 23.2 Å². The smallest absolute Gasteiger partial charge is 0.402 e. The molecule has 8 heteroatoms. The average molecular weight is 225 g/mol. The van der Waals surface area contributed by atoms with Crippen molar-refractivity contribution in [2.24, 2.45) is 5.73 Å². The van der Waals surface area contributed by atoms with Crippen molar-refractivity contribution in [2.75, 3.05) is 5.73 Å². The number of hydrogen-bond acceptors (Lipinski definition) is 4. The van der Waals surface area contributed by atoms with Crippen LogP contribution in [0.3, 0.4) is 0 Å². The fourth-order valence-electron chi connectivity index (χ4n) is 0.923. The second kappa shape index (κ2) is 3.89. The molecule has 0 saturated carbocycles. The van der Waals surface area contributed by atoms with Gasteiger partial charge in [0.1, 0.15) is 0 Å². The third-order valence-electron chi connectivity index (χ3n) is 1.56. The molecule has 0 atom stereocenters. The number of nitrogen functional groups attached to an aromatic ring is 1. The van der Waals surface area contributed by atoms with E-state index in [2.05, 4.69) is 9.72 Å². The lowest BCUT2D eigenvalue weighted by Crippen LogP contribution is -2.19. The SMILES string of the molecule is NCc1c(F)ncc(OC(F)(F)F)c1N. The zero-order valence-corrected chi connectivity index (χ0v) is 7.31. The highest BCUT2D eigenvalue weighted by atomic mass is 19.4. The summed E-state index contributed by atoms with van der Waals surface area (Å²) < 4.78 is 51.9. The first-order chi connectivity index (χ1) is 6.85. The van der Waals surface area contributed by atoms with E-state index in [1.54, 1.807) is 0 Å². The third kappa shape index (κ3) is 2.69. The molecule has 0 amide bonds. The molecular weight excluding hydrogens is 218 g/mol. The number of nitrogens with two attached hydrogens (primary N) is 2. The summed E-state index contributed by atoms with van der Waals surface area (Å²) in [5.41, 5.74) is 9.50. The Hall–Kier alpha value is -1.57. The lowest BCUT2D eigenvalue weighted by atomic mass is 10.2. The van der Waals surface area contributed by atoms with Gasteiger partial charge in [-0.05, 0) is 0 Å². The molecule has 15 heavy (non-hydrogen) atoms. The van der Waals surface area contributed by atoms with Gasteiger partial charge < -0.3 is 16.2 Å². The molecule has 0 radical (unpaired) electrons. The second-order valence-electron chi connectivity index (χ2n) is 2.56. The molecule has 0 aromatic carbocycles. The number of pyridine rings is 1. The maximum absolute atomic E-state index is 12.9. The minimum Gasteiger partial charge on any atom is -0.402 e. The van der Waals surface area contributed by atoms with Gasteiger partial charge in [0.25, 0.3) is 0 Å². The van der Waals surface area contributed by atoms with Crippen LogP contribution in [0.2, 0.25) is 0 Å². The highest BCUT2D eigenvalue weighted by Gasteiger charge is 2.32. The van der Waals surface area contributed by atoms with Crippen molar-refractivity contribution in [1.82, 2.24) is 4.98 Å². The van der Waals surface area contributed by atoms with Crippen molar-refractivity contribution in [2.45, 2.75) is 12.9 Å². The highest BCUT2D eigenvalue weighted by molar-refractivity contribution is 5.57. The molecule has 0 fully saturated rings. The van der Waals surface area contributed by atoms with Crippen LogP contribution in [0, 0.1) is 5.95 Å². The van der Waals surface area contributed by atoms with Crippen LogP contribution in [0.5, 0.6) is 5.75 Å². The molecule has 0 bridgehead atoms. The van der Waals surface area contributed by atoms with Crippen molar-refractivity contribution in [3.05, 3.63) is 17.7 Å². The summed E-state index contributed by atoms with van der Waals surface area (Å²) in [7, 11) is 0. The molecule has 0 saturated heterocycles. The fraction of sp³-hybridized carbons (Fsp3) is 0.286. The topological polar surface area (TPSA) is 74.2 Å². The Kier molecular flexibility index (Phi) is 2.98. The Balaban J connectivity index is 3.11. The molecule has 0 unspecified atom stereocenters. The number of alkyl halides is 3. The fourth-order valence-corrected chi connectivity index (χ4v) is 0.923. The van der Waals surface area contributed by atoms with Gasteiger partial charge in [-0.2, -0.15) is 4.39 Å². The lowest BCUT2D eigenvalue weighted by Gasteiger charge is -2.12. The maximum Gasteiger partial charge on any atom is 0.573 e. The minimum atomic E-state index is -4.90. The maximum atomic E-state index is 12.9. The summed E-state index contributed by atoms with van der Waals surface area (Å²) in [6, 6.07) is 0. The van der Waals surface area contributed by atoms with Gasteiger partial charge in [-0.1, -0.05) is 0 Å². The van der Waals surface area contributed by atoms with E-state index in [0.717, 1.165) is 0 Å². The van der Waals surface area contributed by atoms with Crippen molar-refractivity contribution < 1.29 is 22.3 Å². The number of anilines is 1. The van der Waals surface area contributed by atoms with E-state index in [9.17, 15) is 17.6 Å². The second-order valence-corrected chi connectivity index (χ2v) is 2.56. The Morgan fingerprint density at radius 2 is 2.00 bits per heavy atom. The molecule has 1 aromatic rings. The molecule has 1 heterocycles. The molecule has 1 aromatic heterocycles. The molecule has 4 nitrogen and oxygen atoms in total. The molecule has 0 aliphatic heterocycles. The van der Waals surface area contributed by atoms with Gasteiger partial charge in [-0.25, -0.2) is 4.98 Å². The molecular formula is C7H7F4N3O. The number of ether oxygens (including phenoxy) is 1. The van der Waals surface area contributed by atoms with Gasteiger partial charge in [-0.15, -0.1) is 13.2 Å². The molecule has 84 valence electrons. The van der Waals surface area contributed by atoms with Gasteiger partial charge in [0, 0.05) is 12.1 Å². The van der Waals surface area contributed by atoms with Gasteiger partial charge in [-0.3, -0.25) is 0 Å². The predicted octanol–water partition coefficient (Wildman–Crippen LogP) is 1.16. The van der Waals surface area contributed by atoms with Crippen LogP contribution >= 0.6 is 0 Å². The molecule has 0 aliphatic rings. The Morgan fingerprint density at radius 3 is 2.47 bits per heavy atom. The molecule has 0 aliphatic carbocycles. The summed E-state index contributed by atoms with van der Waals surface area (Å²) in [6.45, 7) is -0.361. The molecule has 4 N–H and O–H groups in total. The normalized spacial score (nSPS) is 11.5. The number of aromatic nitrogens is 1. The van der Waals surface area contributed by atoms with E-state index in [1.807, 2.05) is 0 Å². The Bertz CT molecular complexity index is 366. The van der Waals surface area contributed by atoms with Crippen LogP contribution in [-0.2, 0) is 6.54 Å². The monoisotopic (exact) mass is 225 g/mol. The van der Waals surface area contributed by atoms with Crippen LogP contribution < -0.4 is 16.2 Å². The largest absolute Gasteiger partial charge is 0.573 e. The van der Waals surface area contributed by atoms with Crippen LogP contribution in [-0.4, -0.2) is 11.3 Å². The van der Waals surface area contributed by atoms with E-state index in [4.69, 9.17) is 11.5 Å². The van der Waals surface area contributed by atoms with E-state index in [1.165, 1.54) is 0 Å². The summed E-state index contributed by atoms with van der Waals surface area (Å²) in [5.74, 6) is -1.77. The summed E-state index contributed by atoms with van der Waals surface area (Å²) in [4.78, 5) is 3.04. The molecule has 1 rings (SSSR count). The van der Waals surface area contributed by atoms with Crippen molar-refractivity contribution >= 4 is 5.69 Å². The third-order valence-corrected chi connectivity index (χ3v) is 1.56. The van der Waals surface area contributed by atoms with Crippen molar-refractivity contribution in [3.8, 4) is 5.75 Å². The lowest BCUT2D eigenvalue weighted by molar-refractivity contribution is -0.274. The first-order valence-electron chi connectivity index (χ1n) is 3.74. The van der Waals surface area contributed by atoms with E-state index in [0.29, 0.717) is 6.20 Å². The van der Waals surface area contributed by atoms with Crippen molar-refractivity contribution in [1.29, 1.82) is 0 Å². The van der Waals surface area contributed by atoms with E-state index < -0.39 is 23.7 Å². The average Bonchev–Trinajstić information content (AvgIpc) is 2.09. The number of nitrogens with zero attached hydrogens (tertiary/aromatic N) is 1. The Labute approximate surface area is 81.8 Å². The number of halogens is 4. The summed E-state index contributed by atoms with van der Waals surface area (Å²) >= 11 is 0. The van der Waals surface area contributed by atoms with Crippen LogP contribution in [0.15, 0.2) is 6.20 Å². The van der Waals surface area contributed by atoms with E-state index >= 15 is 0 Å². The first-order valence-corrected chi connectivity index (χ1v) is 3.74. The summed E-state index contributed by atoms with van der Waals surface area (Å²) in [6.07, 6.45) is -4.35. The Morgan fingerprint density at radius 1 is 1.40 bits per heavy atom. The number of hydrogen-bond donors (Lipinski definition) is 2. The minimum absolute atomic E-state index is 0.309. The summed E-state index contributed by atoms with van der Waals surface area (Å²) in [5, 5.41) is 0. The molecule has 0 spiro atoms. The van der Waals surface area contributed by atoms with Crippen LogP contribution in [0.25, 0.3) is 0 Å². The van der Waals surface area contributed by atoms with E-state index in [-0.39, 0.29) is 12.1 Å². The van der Waals surface area contributed by atoms with Gasteiger partial charge >= 0.3 is 6.36 Å². The van der Waals surface area contributed by atoms with Crippen molar-refractivity contribution in [3.63, 3.8) is 0 Å². The zero-order chi connectivity index (χ0) is 11.6. The van der Waals surface area contributed by atoms with Gasteiger partial charge in [0.2, 0.25) is 5.95 Å². The zero-order valence-electron chi connectivity index (χ0n) is 7.31. The van der Waals surface area contributed by atoms with Gasteiger partial charge in [0.05, 0.1) is 11.9 Å². The standard InChI is InChI=1S/C7H7F4N3O/c8-6-3(1-12)5(13)4(2-14-6)15-7(9,10)11/h2H,1,12H2,(H2,13,14). The van der Waals surface area contributed by atoms with Gasteiger partial charge in [0.15, 0.2) is 5.75 Å². The highest BCUT2D eigenvalue weighted by Crippen LogP contribution is 2.30. The number of rotatable bonds is 2.